The molecule has 1 amide bonds. The Balaban J connectivity index is 2.24. The standard InChI is InChI=1S/C50H97NO8/c1-3-5-7-9-11-13-15-17-18-19-20-21-22-23-24-25-26-28-30-32-34-36-38-40-46(54)51-43(42-58-50-49(57)48(56)47(55)45(41-52)59-50)44(53)39-37-35-33-31-29-27-16-14-12-10-8-6-4-2/h37,39,43-45,47-50,52-53,55-57H,3-36,38,40-42H2,1-2H3,(H,51,54)/b39-37+/t43-,44+,45?,47-,48-,49?,50+/m0/s1. The fourth-order valence-corrected chi connectivity index (χ4v) is 8.28. The number of carbonyl (C=O) groups excluding carboxylic acids is 1. The largest absolute Gasteiger partial charge is 0.394 e. The molecule has 9 heteroatoms. The first kappa shape index (κ1) is 55.9. The monoisotopic (exact) mass is 840 g/mol. The molecular formula is C50H97NO8. The Bertz CT molecular complexity index is 935. The summed E-state index contributed by atoms with van der Waals surface area (Å²) in [6.45, 7) is 3.79. The van der Waals surface area contributed by atoms with Gasteiger partial charge < -0.3 is 40.3 Å². The van der Waals surface area contributed by atoms with Crippen molar-refractivity contribution in [3.05, 3.63) is 12.2 Å². The van der Waals surface area contributed by atoms with Crippen molar-refractivity contribution in [3.8, 4) is 0 Å². The molecule has 1 fully saturated rings. The van der Waals surface area contributed by atoms with Gasteiger partial charge in [-0.1, -0.05) is 231 Å². The summed E-state index contributed by atoms with van der Waals surface area (Å²) in [7, 11) is 0. The fraction of sp³-hybridized carbons (Fsp3) is 0.940. The van der Waals surface area contributed by atoms with Gasteiger partial charge in [0.1, 0.15) is 24.4 Å². The van der Waals surface area contributed by atoms with E-state index in [-0.39, 0.29) is 12.5 Å². The molecule has 0 aromatic carbocycles. The van der Waals surface area contributed by atoms with Crippen LogP contribution >= 0.6 is 0 Å². The smallest absolute Gasteiger partial charge is 0.220 e. The lowest BCUT2D eigenvalue weighted by atomic mass is 9.99. The van der Waals surface area contributed by atoms with Crippen molar-refractivity contribution in [3.63, 3.8) is 0 Å². The highest BCUT2D eigenvalue weighted by molar-refractivity contribution is 5.76. The van der Waals surface area contributed by atoms with Crippen molar-refractivity contribution in [2.24, 2.45) is 0 Å². The average molecular weight is 840 g/mol. The summed E-state index contributed by atoms with van der Waals surface area (Å²) in [5.41, 5.74) is 0. The number of aliphatic hydroxyl groups excluding tert-OH is 5. The third kappa shape index (κ3) is 31.4. The van der Waals surface area contributed by atoms with Gasteiger partial charge in [-0.3, -0.25) is 4.79 Å². The fourth-order valence-electron chi connectivity index (χ4n) is 8.28. The van der Waals surface area contributed by atoms with E-state index in [1.54, 1.807) is 6.08 Å². The predicted octanol–water partition coefficient (Wildman–Crippen LogP) is 11.3. The van der Waals surface area contributed by atoms with Gasteiger partial charge in [0, 0.05) is 6.42 Å². The molecule has 1 rings (SSSR count). The van der Waals surface area contributed by atoms with Gasteiger partial charge in [-0.15, -0.1) is 0 Å². The van der Waals surface area contributed by atoms with E-state index in [1.807, 2.05) is 6.08 Å². The highest BCUT2D eigenvalue weighted by atomic mass is 16.7. The Morgan fingerprint density at radius 2 is 0.932 bits per heavy atom. The molecule has 1 saturated heterocycles. The second kappa shape index (κ2) is 41.0. The van der Waals surface area contributed by atoms with Crippen molar-refractivity contribution in [1.82, 2.24) is 5.32 Å². The lowest BCUT2D eigenvalue weighted by molar-refractivity contribution is -0.302. The summed E-state index contributed by atoms with van der Waals surface area (Å²) in [6, 6.07) is -0.798. The van der Waals surface area contributed by atoms with Gasteiger partial charge in [0.05, 0.1) is 25.4 Å². The number of hydrogen-bond acceptors (Lipinski definition) is 8. The van der Waals surface area contributed by atoms with Crippen molar-refractivity contribution in [2.75, 3.05) is 13.2 Å². The Morgan fingerprint density at radius 1 is 0.559 bits per heavy atom. The Morgan fingerprint density at radius 3 is 1.32 bits per heavy atom. The summed E-state index contributed by atoms with van der Waals surface area (Å²) in [5.74, 6) is -0.172. The number of amides is 1. The SMILES string of the molecule is CCCCCCCCCCCCC/C=C/[C@@H](O)[C@H](CO[C@@H]1OC(CO)[C@H](O)[C@H](O)C1O)NC(=O)CCCCCCCCCCCCCCCCCCCCCCCCC. The minimum atomic E-state index is -1.56. The van der Waals surface area contributed by atoms with Crippen LogP contribution in [0.1, 0.15) is 245 Å². The highest BCUT2D eigenvalue weighted by Gasteiger charge is 2.44. The van der Waals surface area contributed by atoms with Crippen LogP contribution in [-0.4, -0.2) is 87.5 Å². The zero-order valence-electron chi connectivity index (χ0n) is 38.5. The van der Waals surface area contributed by atoms with Gasteiger partial charge in [-0.2, -0.15) is 0 Å². The van der Waals surface area contributed by atoms with Gasteiger partial charge in [-0.25, -0.2) is 0 Å². The van der Waals surface area contributed by atoms with E-state index in [4.69, 9.17) is 9.47 Å². The van der Waals surface area contributed by atoms with Gasteiger partial charge in [0.25, 0.3) is 0 Å². The van der Waals surface area contributed by atoms with Crippen LogP contribution in [0.25, 0.3) is 0 Å². The Kier molecular flexibility index (Phi) is 38.9. The van der Waals surface area contributed by atoms with E-state index in [9.17, 15) is 30.3 Å². The molecule has 0 aliphatic carbocycles. The van der Waals surface area contributed by atoms with E-state index < -0.39 is 49.5 Å². The van der Waals surface area contributed by atoms with Crippen LogP contribution in [0.4, 0.5) is 0 Å². The van der Waals surface area contributed by atoms with Crippen LogP contribution < -0.4 is 5.32 Å². The van der Waals surface area contributed by atoms with Crippen LogP contribution in [0, 0.1) is 0 Å². The number of hydrogen-bond donors (Lipinski definition) is 6. The number of aliphatic hydroxyl groups is 5. The van der Waals surface area contributed by atoms with E-state index >= 15 is 0 Å². The van der Waals surface area contributed by atoms with Crippen molar-refractivity contribution < 1.29 is 39.8 Å². The first-order valence-electron chi connectivity index (χ1n) is 25.4. The molecule has 9 nitrogen and oxygen atoms in total. The lowest BCUT2D eigenvalue weighted by Crippen LogP contribution is -2.60. The van der Waals surface area contributed by atoms with Crippen molar-refractivity contribution in [1.29, 1.82) is 0 Å². The molecule has 0 radical (unpaired) electrons. The third-order valence-electron chi connectivity index (χ3n) is 12.4. The molecule has 0 bridgehead atoms. The first-order valence-corrected chi connectivity index (χ1v) is 25.4. The number of carbonyl (C=O) groups is 1. The quantitative estimate of drug-likeness (QED) is 0.0263. The van der Waals surface area contributed by atoms with Gasteiger partial charge in [0.15, 0.2) is 6.29 Å². The molecule has 0 spiro atoms. The Hall–Kier alpha value is -1.07. The first-order chi connectivity index (χ1) is 28.8. The zero-order chi connectivity index (χ0) is 43.0. The molecule has 0 saturated carbocycles. The molecule has 6 N–H and O–H groups in total. The summed E-state index contributed by atoms with van der Waals surface area (Å²) >= 11 is 0. The molecule has 2 unspecified atom stereocenters. The summed E-state index contributed by atoms with van der Waals surface area (Å²) in [5, 5.41) is 54.3. The highest BCUT2D eigenvalue weighted by Crippen LogP contribution is 2.23. The molecule has 0 aromatic heterocycles. The number of nitrogens with one attached hydrogen (secondary N) is 1. The molecule has 59 heavy (non-hydrogen) atoms. The molecule has 1 heterocycles. The van der Waals surface area contributed by atoms with E-state index in [0.717, 1.165) is 38.5 Å². The van der Waals surface area contributed by atoms with Crippen molar-refractivity contribution >= 4 is 5.91 Å². The number of ether oxygens (including phenoxy) is 2. The minimum Gasteiger partial charge on any atom is -0.394 e. The summed E-state index contributed by atoms with van der Waals surface area (Å²) < 4.78 is 11.2. The maximum absolute atomic E-state index is 13.0. The average Bonchev–Trinajstić information content (AvgIpc) is 3.23. The normalized spacial score (nSPS) is 20.7. The molecule has 0 aromatic rings. The molecule has 350 valence electrons. The Labute approximate surface area is 363 Å². The maximum Gasteiger partial charge on any atom is 0.220 e. The minimum absolute atomic E-state index is 0.172. The zero-order valence-corrected chi connectivity index (χ0v) is 38.5. The van der Waals surface area contributed by atoms with E-state index in [2.05, 4.69) is 19.2 Å². The second-order valence-corrected chi connectivity index (χ2v) is 18.0. The topological polar surface area (TPSA) is 149 Å². The van der Waals surface area contributed by atoms with E-state index in [1.165, 1.54) is 186 Å². The molecular weight excluding hydrogens is 743 g/mol. The molecule has 7 atom stereocenters. The van der Waals surface area contributed by atoms with Gasteiger partial charge in [-0.05, 0) is 19.3 Å². The predicted molar refractivity (Wildman–Crippen MR) is 244 cm³/mol. The molecule has 1 aliphatic heterocycles. The van der Waals surface area contributed by atoms with Gasteiger partial charge in [0.2, 0.25) is 5.91 Å². The number of unbranched alkanes of at least 4 members (excludes halogenated alkanes) is 33. The maximum atomic E-state index is 13.0. The second-order valence-electron chi connectivity index (χ2n) is 18.0. The number of rotatable bonds is 43. The lowest BCUT2D eigenvalue weighted by Gasteiger charge is -2.40. The van der Waals surface area contributed by atoms with Crippen molar-refractivity contribution in [2.45, 2.75) is 288 Å². The molecule has 1 aliphatic rings. The van der Waals surface area contributed by atoms with E-state index in [0.29, 0.717) is 6.42 Å². The number of allylic oxidation sites excluding steroid dienone is 1. The van der Waals surface area contributed by atoms with Crippen LogP contribution in [0.2, 0.25) is 0 Å². The van der Waals surface area contributed by atoms with Gasteiger partial charge >= 0.3 is 0 Å². The van der Waals surface area contributed by atoms with Crippen LogP contribution in [-0.2, 0) is 14.3 Å². The van der Waals surface area contributed by atoms with Crippen LogP contribution in [0.3, 0.4) is 0 Å². The summed E-state index contributed by atoms with van der Waals surface area (Å²) in [6.07, 6.45) is 41.2. The van der Waals surface area contributed by atoms with Crippen LogP contribution in [0.5, 0.6) is 0 Å². The third-order valence-corrected chi connectivity index (χ3v) is 12.4. The van der Waals surface area contributed by atoms with Crippen LogP contribution in [0.15, 0.2) is 12.2 Å². The summed E-state index contributed by atoms with van der Waals surface area (Å²) in [4.78, 5) is 13.0.